The number of hydrogen-bond donors (Lipinski definition) is 1. The molecule has 0 bridgehead atoms. The van der Waals surface area contributed by atoms with E-state index in [9.17, 15) is 0 Å². The lowest BCUT2D eigenvalue weighted by molar-refractivity contribution is 0.462. The Hall–Kier alpha value is -1.96. The maximum Gasteiger partial charge on any atom is 0.240 e. The van der Waals surface area contributed by atoms with Crippen molar-refractivity contribution in [2.24, 2.45) is 0 Å². The third kappa shape index (κ3) is 3.13. The molecule has 102 valence electrons. The monoisotopic (exact) mass is 307 g/mol. The van der Waals surface area contributed by atoms with Gasteiger partial charge in [0.1, 0.15) is 22.7 Å². The van der Waals surface area contributed by atoms with Crippen molar-refractivity contribution in [3.8, 4) is 17.7 Å². The number of hydrogen-bond acceptors (Lipinski definition) is 4. The molecule has 0 amide bonds. The molecule has 0 aliphatic rings. The van der Waals surface area contributed by atoms with Crippen molar-refractivity contribution in [3.63, 3.8) is 0 Å². The van der Waals surface area contributed by atoms with E-state index in [1.807, 2.05) is 13.0 Å². The molecule has 2 aromatic rings. The van der Waals surface area contributed by atoms with Gasteiger partial charge in [0.25, 0.3) is 0 Å². The molecular weight excluding hydrogens is 297 g/mol. The Morgan fingerprint density at radius 2 is 2.05 bits per heavy atom. The maximum absolute atomic E-state index is 9.03. The summed E-state index contributed by atoms with van der Waals surface area (Å²) in [6.45, 7) is 2.60. The van der Waals surface area contributed by atoms with Gasteiger partial charge in [-0.2, -0.15) is 10.2 Å². The highest BCUT2D eigenvalue weighted by molar-refractivity contribution is 6.36. The second-order valence-electron chi connectivity index (χ2n) is 3.85. The fraction of sp³-hybridized carbons (Fsp3) is 0.143. The maximum atomic E-state index is 9.03. The van der Waals surface area contributed by atoms with Gasteiger partial charge in [0.05, 0.1) is 10.6 Å². The van der Waals surface area contributed by atoms with Crippen LogP contribution in [-0.4, -0.2) is 11.5 Å². The summed E-state index contributed by atoms with van der Waals surface area (Å²) in [6.07, 6.45) is 0. The third-order valence-corrected chi connectivity index (χ3v) is 3.01. The van der Waals surface area contributed by atoms with E-state index in [2.05, 4.69) is 10.3 Å². The molecule has 0 saturated carbocycles. The van der Waals surface area contributed by atoms with Crippen LogP contribution in [0.1, 0.15) is 12.5 Å². The van der Waals surface area contributed by atoms with Crippen LogP contribution in [0.15, 0.2) is 30.3 Å². The number of anilines is 1. The number of benzene rings is 1. The fourth-order valence-corrected chi connectivity index (χ4v) is 2.03. The number of aromatic nitrogens is 1. The summed E-state index contributed by atoms with van der Waals surface area (Å²) in [5, 5.41) is 12.7. The zero-order chi connectivity index (χ0) is 14.5. The topological polar surface area (TPSA) is 57.9 Å². The van der Waals surface area contributed by atoms with E-state index in [1.54, 1.807) is 30.3 Å². The molecule has 0 fully saturated rings. The molecule has 0 unspecified atom stereocenters. The molecule has 0 spiro atoms. The van der Waals surface area contributed by atoms with Crippen LogP contribution in [0.25, 0.3) is 0 Å². The zero-order valence-electron chi connectivity index (χ0n) is 10.7. The second-order valence-corrected chi connectivity index (χ2v) is 4.66. The van der Waals surface area contributed by atoms with E-state index >= 15 is 0 Å². The molecule has 1 heterocycles. The second kappa shape index (κ2) is 6.47. The Labute approximate surface area is 126 Å². The summed E-state index contributed by atoms with van der Waals surface area (Å²) in [5.41, 5.74) is 0.408. The molecular formula is C14H11Cl2N3O. The van der Waals surface area contributed by atoms with Crippen LogP contribution in [0.2, 0.25) is 10.0 Å². The van der Waals surface area contributed by atoms with Crippen molar-refractivity contribution in [2.75, 3.05) is 11.9 Å². The van der Waals surface area contributed by atoms with Crippen molar-refractivity contribution in [2.45, 2.75) is 6.92 Å². The van der Waals surface area contributed by atoms with Crippen LogP contribution in [0.3, 0.4) is 0 Å². The Kier molecular flexibility index (Phi) is 4.67. The first-order valence-corrected chi connectivity index (χ1v) is 6.68. The van der Waals surface area contributed by atoms with Crippen LogP contribution < -0.4 is 10.1 Å². The first kappa shape index (κ1) is 14.4. The largest absolute Gasteiger partial charge is 0.436 e. The van der Waals surface area contributed by atoms with Gasteiger partial charge in [-0.05, 0) is 25.1 Å². The minimum atomic E-state index is 0.203. The van der Waals surface area contributed by atoms with Crippen molar-refractivity contribution in [1.82, 2.24) is 4.98 Å². The SMILES string of the molecule is CCNc1nc(Oc2ccccc2C#N)c(Cl)cc1Cl. The van der Waals surface area contributed by atoms with Crippen LogP contribution in [-0.2, 0) is 0 Å². The number of nitrogens with one attached hydrogen (secondary N) is 1. The van der Waals surface area contributed by atoms with Crippen LogP contribution >= 0.6 is 23.2 Å². The Balaban J connectivity index is 2.38. The molecule has 1 aromatic heterocycles. The van der Waals surface area contributed by atoms with Crippen molar-refractivity contribution >= 4 is 29.0 Å². The third-order valence-electron chi connectivity index (χ3n) is 2.46. The lowest BCUT2D eigenvalue weighted by atomic mass is 10.2. The molecule has 0 atom stereocenters. The highest BCUT2D eigenvalue weighted by atomic mass is 35.5. The molecule has 0 saturated heterocycles. The van der Waals surface area contributed by atoms with Gasteiger partial charge in [-0.25, -0.2) is 0 Å². The summed E-state index contributed by atoms with van der Waals surface area (Å²) in [6, 6.07) is 10.5. The Morgan fingerprint density at radius 3 is 2.75 bits per heavy atom. The normalized spacial score (nSPS) is 9.90. The summed E-state index contributed by atoms with van der Waals surface area (Å²) >= 11 is 12.1. The van der Waals surface area contributed by atoms with E-state index in [-0.39, 0.29) is 10.9 Å². The quantitative estimate of drug-likeness (QED) is 0.904. The van der Waals surface area contributed by atoms with E-state index in [0.29, 0.717) is 28.7 Å². The molecule has 0 radical (unpaired) electrons. The molecule has 2 rings (SSSR count). The number of nitrogens with zero attached hydrogens (tertiary/aromatic N) is 2. The molecule has 4 nitrogen and oxygen atoms in total. The smallest absolute Gasteiger partial charge is 0.240 e. The van der Waals surface area contributed by atoms with Gasteiger partial charge in [-0.3, -0.25) is 0 Å². The van der Waals surface area contributed by atoms with Crippen LogP contribution in [0.5, 0.6) is 11.6 Å². The van der Waals surface area contributed by atoms with Gasteiger partial charge in [-0.1, -0.05) is 35.3 Å². The van der Waals surface area contributed by atoms with Gasteiger partial charge >= 0.3 is 0 Å². The summed E-state index contributed by atoms with van der Waals surface area (Å²) < 4.78 is 5.61. The van der Waals surface area contributed by atoms with Gasteiger partial charge < -0.3 is 10.1 Å². The first-order chi connectivity index (χ1) is 9.65. The average Bonchev–Trinajstić information content (AvgIpc) is 2.45. The van der Waals surface area contributed by atoms with Crippen molar-refractivity contribution in [1.29, 1.82) is 5.26 Å². The predicted octanol–water partition coefficient (Wildman–Crippen LogP) is 4.48. The number of ether oxygens (including phenoxy) is 1. The van der Waals surface area contributed by atoms with E-state index in [0.717, 1.165) is 0 Å². The van der Waals surface area contributed by atoms with Gasteiger partial charge in [-0.15, -0.1) is 0 Å². The molecule has 1 aromatic carbocycles. The Morgan fingerprint density at radius 1 is 1.30 bits per heavy atom. The van der Waals surface area contributed by atoms with E-state index in [4.69, 9.17) is 33.2 Å². The lowest BCUT2D eigenvalue weighted by Gasteiger charge is -2.11. The summed E-state index contributed by atoms with van der Waals surface area (Å²) in [5.74, 6) is 1.09. The number of rotatable bonds is 4. The first-order valence-electron chi connectivity index (χ1n) is 5.92. The number of para-hydroxylation sites is 1. The molecule has 0 aliphatic heterocycles. The predicted molar refractivity (Wildman–Crippen MR) is 79.7 cm³/mol. The van der Waals surface area contributed by atoms with Crippen LogP contribution in [0.4, 0.5) is 5.82 Å². The molecule has 1 N–H and O–H groups in total. The van der Waals surface area contributed by atoms with Gasteiger partial charge in [0.2, 0.25) is 5.88 Å². The van der Waals surface area contributed by atoms with Gasteiger partial charge in [0.15, 0.2) is 0 Å². The number of halogens is 2. The van der Waals surface area contributed by atoms with Crippen LogP contribution in [0, 0.1) is 11.3 Å². The highest BCUT2D eigenvalue weighted by Gasteiger charge is 2.12. The number of nitriles is 1. The molecule has 6 heteroatoms. The zero-order valence-corrected chi connectivity index (χ0v) is 12.2. The highest BCUT2D eigenvalue weighted by Crippen LogP contribution is 2.34. The summed E-state index contributed by atoms with van der Waals surface area (Å²) in [4.78, 5) is 4.23. The van der Waals surface area contributed by atoms with E-state index < -0.39 is 0 Å². The summed E-state index contributed by atoms with van der Waals surface area (Å²) in [7, 11) is 0. The number of pyridine rings is 1. The van der Waals surface area contributed by atoms with E-state index in [1.165, 1.54) is 0 Å². The van der Waals surface area contributed by atoms with Crippen molar-refractivity contribution in [3.05, 3.63) is 45.9 Å². The molecule has 20 heavy (non-hydrogen) atoms. The van der Waals surface area contributed by atoms with Crippen molar-refractivity contribution < 1.29 is 4.74 Å². The standard InChI is InChI=1S/C14H11Cl2N3O/c1-2-18-13-10(15)7-11(16)14(19-13)20-12-6-4-3-5-9(12)8-17/h3-7H,2H2,1H3,(H,18,19). The lowest BCUT2D eigenvalue weighted by Crippen LogP contribution is -2.01. The fourth-order valence-electron chi connectivity index (χ4n) is 1.56. The Bertz CT molecular complexity index is 668. The minimum Gasteiger partial charge on any atom is -0.436 e. The van der Waals surface area contributed by atoms with Gasteiger partial charge in [0, 0.05) is 6.54 Å². The molecule has 0 aliphatic carbocycles. The minimum absolute atomic E-state index is 0.203. The average molecular weight is 308 g/mol.